The van der Waals surface area contributed by atoms with Crippen LogP contribution in [0.5, 0.6) is 0 Å². The lowest BCUT2D eigenvalue weighted by molar-refractivity contribution is 0.577. The molecule has 0 radical (unpaired) electrons. The van der Waals surface area contributed by atoms with Crippen molar-refractivity contribution in [2.45, 2.75) is 19.3 Å². The van der Waals surface area contributed by atoms with Gasteiger partial charge in [0.1, 0.15) is 0 Å². The number of anilines is 2. The Labute approximate surface area is 85.1 Å². The second kappa shape index (κ2) is 4.31. The largest absolute Gasteiger partial charge is 0.387 e. The molecule has 14 heavy (non-hydrogen) atoms. The van der Waals surface area contributed by atoms with E-state index in [-0.39, 0.29) is 0 Å². The van der Waals surface area contributed by atoms with Crippen molar-refractivity contribution in [3.05, 3.63) is 18.5 Å². The van der Waals surface area contributed by atoms with Crippen LogP contribution in [0.2, 0.25) is 0 Å². The lowest BCUT2D eigenvalue weighted by atomic mass is 10.1. The van der Waals surface area contributed by atoms with Gasteiger partial charge >= 0.3 is 0 Å². The van der Waals surface area contributed by atoms with E-state index in [1.165, 1.54) is 38.0 Å². The van der Waals surface area contributed by atoms with Crippen molar-refractivity contribution in [2.75, 3.05) is 30.4 Å². The van der Waals surface area contributed by atoms with Gasteiger partial charge in [-0.3, -0.25) is 4.98 Å². The molecular weight excluding hydrogens is 174 g/mol. The van der Waals surface area contributed by atoms with Crippen molar-refractivity contribution in [2.24, 2.45) is 0 Å². The molecule has 3 nitrogen and oxygen atoms in total. The second-order valence-corrected chi connectivity index (χ2v) is 3.73. The average molecular weight is 191 g/mol. The minimum atomic E-state index is 1.09. The number of hydrogen-bond acceptors (Lipinski definition) is 3. The van der Waals surface area contributed by atoms with Gasteiger partial charge in [0.25, 0.3) is 0 Å². The van der Waals surface area contributed by atoms with Gasteiger partial charge in [-0.1, -0.05) is 0 Å². The predicted octanol–water partition coefficient (Wildman–Crippen LogP) is 2.11. The Bertz CT molecular complexity index is 292. The number of aromatic nitrogens is 1. The fourth-order valence-electron chi connectivity index (χ4n) is 1.89. The van der Waals surface area contributed by atoms with Crippen molar-refractivity contribution in [3.8, 4) is 0 Å². The van der Waals surface area contributed by atoms with Crippen molar-refractivity contribution in [1.82, 2.24) is 4.98 Å². The second-order valence-electron chi connectivity index (χ2n) is 3.73. The maximum Gasteiger partial charge on any atom is 0.0573 e. The van der Waals surface area contributed by atoms with Gasteiger partial charge in [-0.05, 0) is 25.3 Å². The molecule has 1 aromatic rings. The summed E-state index contributed by atoms with van der Waals surface area (Å²) in [5.41, 5.74) is 2.34. The molecule has 0 aliphatic carbocycles. The van der Waals surface area contributed by atoms with Gasteiger partial charge in [0, 0.05) is 20.1 Å². The lowest BCUT2D eigenvalue weighted by Crippen LogP contribution is -2.29. The first-order valence-corrected chi connectivity index (χ1v) is 5.28. The highest BCUT2D eigenvalue weighted by Crippen LogP contribution is 2.21. The molecule has 1 aliphatic rings. The van der Waals surface area contributed by atoms with Crippen LogP contribution in [0.1, 0.15) is 19.3 Å². The number of rotatable bonds is 2. The fraction of sp³-hybridized carbons (Fsp3) is 0.545. The number of pyridine rings is 1. The van der Waals surface area contributed by atoms with E-state index in [9.17, 15) is 0 Å². The van der Waals surface area contributed by atoms with Crippen LogP contribution in [0.3, 0.4) is 0 Å². The normalized spacial score (nSPS) is 16.8. The third kappa shape index (κ3) is 1.97. The maximum absolute atomic E-state index is 4.23. The van der Waals surface area contributed by atoms with Crippen LogP contribution >= 0.6 is 0 Å². The van der Waals surface area contributed by atoms with E-state index in [4.69, 9.17) is 0 Å². The van der Waals surface area contributed by atoms with E-state index in [0.29, 0.717) is 0 Å². The monoisotopic (exact) mass is 191 g/mol. The summed E-state index contributed by atoms with van der Waals surface area (Å²) in [6.45, 7) is 2.35. The smallest absolute Gasteiger partial charge is 0.0573 e. The van der Waals surface area contributed by atoms with Crippen LogP contribution < -0.4 is 10.2 Å². The van der Waals surface area contributed by atoms with Gasteiger partial charge in [-0.15, -0.1) is 0 Å². The lowest BCUT2D eigenvalue weighted by Gasteiger charge is -2.28. The van der Waals surface area contributed by atoms with Gasteiger partial charge in [-0.25, -0.2) is 0 Å². The van der Waals surface area contributed by atoms with Gasteiger partial charge in [0.15, 0.2) is 0 Å². The zero-order valence-corrected chi connectivity index (χ0v) is 8.66. The maximum atomic E-state index is 4.23. The van der Waals surface area contributed by atoms with Gasteiger partial charge in [0.05, 0.1) is 23.8 Å². The fourth-order valence-corrected chi connectivity index (χ4v) is 1.89. The molecule has 76 valence electrons. The summed E-state index contributed by atoms with van der Waals surface area (Å²) in [6.07, 6.45) is 7.79. The molecule has 1 aromatic heterocycles. The van der Waals surface area contributed by atoms with Crippen LogP contribution in [0, 0.1) is 0 Å². The van der Waals surface area contributed by atoms with Gasteiger partial charge in [-0.2, -0.15) is 0 Å². The number of nitrogens with one attached hydrogen (secondary N) is 1. The van der Waals surface area contributed by atoms with Crippen molar-refractivity contribution < 1.29 is 0 Å². The third-order valence-corrected chi connectivity index (χ3v) is 2.73. The Morgan fingerprint density at radius 2 is 2.00 bits per heavy atom. The number of piperidine rings is 1. The van der Waals surface area contributed by atoms with E-state index in [1.807, 2.05) is 19.4 Å². The number of nitrogens with zero attached hydrogens (tertiary/aromatic N) is 2. The Hall–Kier alpha value is -1.25. The molecule has 1 fully saturated rings. The average Bonchev–Trinajstić information content (AvgIpc) is 2.30. The van der Waals surface area contributed by atoms with E-state index >= 15 is 0 Å². The van der Waals surface area contributed by atoms with Crippen molar-refractivity contribution in [1.29, 1.82) is 0 Å². The summed E-state index contributed by atoms with van der Waals surface area (Å²) in [5, 5.41) is 3.12. The molecule has 0 saturated carbocycles. The van der Waals surface area contributed by atoms with Gasteiger partial charge in [0.2, 0.25) is 0 Å². The summed E-state index contributed by atoms with van der Waals surface area (Å²) in [5.74, 6) is 0. The first-order chi connectivity index (χ1) is 6.90. The Morgan fingerprint density at radius 3 is 2.71 bits per heavy atom. The topological polar surface area (TPSA) is 28.2 Å². The van der Waals surface area contributed by atoms with E-state index in [2.05, 4.69) is 21.3 Å². The molecule has 0 spiro atoms. The highest BCUT2D eigenvalue weighted by Gasteiger charge is 2.10. The standard InChI is InChI=1S/C11H17N3/c1-12-10-7-11(9-13-8-10)14-5-3-2-4-6-14/h7-9,12H,2-6H2,1H3. The highest BCUT2D eigenvalue weighted by atomic mass is 15.1. The summed E-state index contributed by atoms with van der Waals surface area (Å²) < 4.78 is 0. The van der Waals surface area contributed by atoms with E-state index in [1.54, 1.807) is 0 Å². The minimum absolute atomic E-state index is 1.09. The molecule has 0 unspecified atom stereocenters. The first kappa shape index (κ1) is 9.31. The molecule has 0 aromatic carbocycles. The highest BCUT2D eigenvalue weighted by molar-refractivity contribution is 5.55. The molecule has 0 atom stereocenters. The van der Waals surface area contributed by atoms with Crippen molar-refractivity contribution in [3.63, 3.8) is 0 Å². The van der Waals surface area contributed by atoms with Crippen LogP contribution in [0.15, 0.2) is 18.5 Å². The Morgan fingerprint density at radius 1 is 1.21 bits per heavy atom. The molecule has 0 amide bonds. The molecule has 1 aliphatic heterocycles. The summed E-state index contributed by atoms with van der Waals surface area (Å²) in [6, 6.07) is 2.16. The van der Waals surface area contributed by atoms with Crippen LogP contribution in [0.25, 0.3) is 0 Å². The van der Waals surface area contributed by atoms with Gasteiger partial charge < -0.3 is 10.2 Å². The van der Waals surface area contributed by atoms with Crippen LogP contribution in [-0.4, -0.2) is 25.1 Å². The zero-order valence-electron chi connectivity index (χ0n) is 8.66. The van der Waals surface area contributed by atoms with Crippen molar-refractivity contribution >= 4 is 11.4 Å². The molecule has 2 rings (SSSR count). The predicted molar refractivity (Wildman–Crippen MR) is 59.8 cm³/mol. The molecule has 2 heterocycles. The molecule has 0 bridgehead atoms. The van der Waals surface area contributed by atoms with Crippen LogP contribution in [-0.2, 0) is 0 Å². The molecule has 3 heteroatoms. The zero-order chi connectivity index (χ0) is 9.80. The number of hydrogen-bond donors (Lipinski definition) is 1. The molecule has 1 N–H and O–H groups in total. The summed E-state index contributed by atoms with van der Waals surface area (Å²) in [4.78, 5) is 6.64. The molecule has 1 saturated heterocycles. The van der Waals surface area contributed by atoms with E-state index < -0.39 is 0 Å². The summed E-state index contributed by atoms with van der Waals surface area (Å²) >= 11 is 0. The van der Waals surface area contributed by atoms with E-state index in [0.717, 1.165) is 5.69 Å². The Balaban J connectivity index is 2.13. The summed E-state index contributed by atoms with van der Waals surface area (Å²) in [7, 11) is 1.93. The Kier molecular flexibility index (Phi) is 2.87. The third-order valence-electron chi connectivity index (χ3n) is 2.73. The first-order valence-electron chi connectivity index (χ1n) is 5.28. The van der Waals surface area contributed by atoms with Crippen LogP contribution in [0.4, 0.5) is 11.4 Å². The minimum Gasteiger partial charge on any atom is -0.387 e. The molecular formula is C11H17N3. The quantitative estimate of drug-likeness (QED) is 0.776. The SMILES string of the molecule is CNc1cncc(N2CCCCC2)c1.